The van der Waals surface area contributed by atoms with Crippen molar-refractivity contribution in [3.63, 3.8) is 0 Å². The van der Waals surface area contributed by atoms with E-state index in [9.17, 15) is 14.7 Å². The Balaban J connectivity index is 1.91. The Morgan fingerprint density at radius 2 is 1.74 bits per heavy atom. The van der Waals surface area contributed by atoms with Crippen LogP contribution in [0.15, 0.2) is 64.7 Å². The van der Waals surface area contributed by atoms with Crippen LogP contribution in [-0.2, 0) is 9.59 Å². The molecule has 1 amide bonds. The minimum Gasteiger partial charge on any atom is -0.507 e. The van der Waals surface area contributed by atoms with Crippen LogP contribution in [-0.4, -0.2) is 36.0 Å². The average Bonchev–Trinajstić information content (AvgIpc) is 3.29. The van der Waals surface area contributed by atoms with Gasteiger partial charge >= 0.3 is 5.91 Å². The van der Waals surface area contributed by atoms with E-state index in [0.29, 0.717) is 21.9 Å². The first kappa shape index (κ1) is 20.7. The lowest BCUT2D eigenvalue weighted by atomic mass is 9.95. The summed E-state index contributed by atoms with van der Waals surface area (Å²) in [4.78, 5) is 29.2. The van der Waals surface area contributed by atoms with Gasteiger partial charge in [0.05, 0.1) is 11.6 Å². The van der Waals surface area contributed by atoms with E-state index in [0.717, 1.165) is 5.69 Å². The topological polar surface area (TPSA) is 86.9 Å². The molecule has 1 saturated heterocycles. The summed E-state index contributed by atoms with van der Waals surface area (Å²) in [6.07, 6.45) is 0. The molecule has 2 heterocycles. The third kappa shape index (κ3) is 3.68. The van der Waals surface area contributed by atoms with Crippen molar-refractivity contribution in [3.05, 3.63) is 82.1 Å². The molecule has 2 aromatic carbocycles. The lowest BCUT2D eigenvalue weighted by Gasteiger charge is -2.23. The average molecular weight is 438 g/mol. The summed E-state index contributed by atoms with van der Waals surface area (Å²) >= 11 is 5.95. The zero-order valence-electron chi connectivity index (χ0n) is 17.2. The molecule has 4 rings (SSSR count). The fourth-order valence-corrected chi connectivity index (χ4v) is 3.70. The van der Waals surface area contributed by atoms with Crippen molar-refractivity contribution in [2.45, 2.75) is 13.0 Å². The molecule has 1 aliphatic heterocycles. The molecule has 0 aliphatic carbocycles. The van der Waals surface area contributed by atoms with Crippen molar-refractivity contribution in [2.24, 2.45) is 0 Å². The Bertz CT molecular complexity index is 1180. The molecule has 1 unspecified atom stereocenters. The van der Waals surface area contributed by atoms with Gasteiger partial charge < -0.3 is 14.5 Å². The zero-order chi connectivity index (χ0) is 22.3. The lowest BCUT2D eigenvalue weighted by molar-refractivity contribution is -0.132. The normalized spacial score (nSPS) is 17.9. The van der Waals surface area contributed by atoms with Gasteiger partial charge in [-0.3, -0.25) is 14.5 Å². The number of anilines is 2. The predicted octanol–water partition coefficient (Wildman–Crippen LogP) is 4.33. The van der Waals surface area contributed by atoms with Crippen LogP contribution in [0.4, 0.5) is 11.5 Å². The molecule has 31 heavy (non-hydrogen) atoms. The minimum atomic E-state index is -0.864. The monoisotopic (exact) mass is 437 g/mol. The number of aryl methyl sites for hydroxylation is 1. The zero-order valence-corrected chi connectivity index (χ0v) is 17.9. The lowest BCUT2D eigenvalue weighted by Crippen LogP contribution is -2.29. The van der Waals surface area contributed by atoms with Gasteiger partial charge in [-0.25, -0.2) is 0 Å². The van der Waals surface area contributed by atoms with Crippen molar-refractivity contribution in [2.75, 3.05) is 23.9 Å². The molecule has 1 aliphatic rings. The summed E-state index contributed by atoms with van der Waals surface area (Å²) in [5, 5.41) is 15.5. The van der Waals surface area contributed by atoms with Crippen LogP contribution in [0.2, 0.25) is 5.02 Å². The number of aliphatic hydroxyl groups excluding tert-OH is 1. The first-order valence-electron chi connectivity index (χ1n) is 9.55. The van der Waals surface area contributed by atoms with E-state index >= 15 is 0 Å². The number of halogens is 1. The van der Waals surface area contributed by atoms with Crippen molar-refractivity contribution in [1.29, 1.82) is 0 Å². The number of amides is 1. The maximum atomic E-state index is 13.0. The Labute approximate surface area is 184 Å². The number of hydrogen-bond acceptors (Lipinski definition) is 6. The molecule has 158 valence electrons. The third-order valence-electron chi connectivity index (χ3n) is 5.15. The van der Waals surface area contributed by atoms with Gasteiger partial charge in [0.25, 0.3) is 5.78 Å². The summed E-state index contributed by atoms with van der Waals surface area (Å²) in [5.41, 5.74) is 1.97. The number of hydrogen-bond donors (Lipinski definition) is 1. The Kier molecular flexibility index (Phi) is 5.29. The molecule has 1 aromatic heterocycles. The summed E-state index contributed by atoms with van der Waals surface area (Å²) in [5.74, 6) is -1.16. The van der Waals surface area contributed by atoms with Gasteiger partial charge in [-0.15, -0.1) is 0 Å². The van der Waals surface area contributed by atoms with Crippen LogP contribution < -0.4 is 9.80 Å². The minimum absolute atomic E-state index is 0.0226. The highest BCUT2D eigenvalue weighted by atomic mass is 35.5. The van der Waals surface area contributed by atoms with Gasteiger partial charge in [0.15, 0.2) is 5.82 Å². The number of ketones is 1. The van der Waals surface area contributed by atoms with Crippen molar-refractivity contribution in [1.82, 2.24) is 5.16 Å². The standard InChI is InChI=1S/C23H20ClN3O4/c1-13-12-18(25-31-13)27-20(14-6-10-17(11-7-14)26(2)3)19(22(29)23(27)30)21(28)15-4-8-16(24)9-5-15/h4-12,20,28H,1-3H3. The second-order valence-electron chi connectivity index (χ2n) is 7.46. The second kappa shape index (κ2) is 7.92. The highest BCUT2D eigenvalue weighted by molar-refractivity contribution is 6.51. The van der Waals surface area contributed by atoms with E-state index in [-0.39, 0.29) is 17.2 Å². The van der Waals surface area contributed by atoms with Gasteiger partial charge in [0.2, 0.25) is 0 Å². The summed E-state index contributed by atoms with van der Waals surface area (Å²) in [6.45, 7) is 1.70. The smallest absolute Gasteiger partial charge is 0.301 e. The Morgan fingerprint density at radius 1 is 1.10 bits per heavy atom. The van der Waals surface area contributed by atoms with E-state index in [1.807, 2.05) is 43.3 Å². The molecule has 1 atom stereocenters. The first-order valence-corrected chi connectivity index (χ1v) is 9.93. The van der Waals surface area contributed by atoms with Crippen molar-refractivity contribution < 1.29 is 19.2 Å². The largest absolute Gasteiger partial charge is 0.507 e. The number of aliphatic hydroxyl groups is 1. The second-order valence-corrected chi connectivity index (χ2v) is 7.89. The molecule has 8 heteroatoms. The molecule has 1 N–H and O–H groups in total. The van der Waals surface area contributed by atoms with E-state index < -0.39 is 17.7 Å². The molecule has 3 aromatic rings. The van der Waals surface area contributed by atoms with Crippen LogP contribution in [0, 0.1) is 6.92 Å². The van der Waals surface area contributed by atoms with Gasteiger partial charge in [-0.05, 0) is 48.9 Å². The number of Topliss-reactive ketones (excluding diaryl/α,β-unsaturated/α-hetero) is 1. The molecule has 1 fully saturated rings. The maximum absolute atomic E-state index is 13.0. The van der Waals surface area contributed by atoms with Crippen LogP contribution in [0.25, 0.3) is 5.76 Å². The predicted molar refractivity (Wildman–Crippen MR) is 118 cm³/mol. The summed E-state index contributed by atoms with van der Waals surface area (Å²) < 4.78 is 5.13. The third-order valence-corrected chi connectivity index (χ3v) is 5.40. The molecule has 7 nitrogen and oxygen atoms in total. The van der Waals surface area contributed by atoms with E-state index in [4.69, 9.17) is 16.1 Å². The van der Waals surface area contributed by atoms with Gasteiger partial charge in [-0.2, -0.15) is 0 Å². The number of benzene rings is 2. The fraction of sp³-hybridized carbons (Fsp3) is 0.174. The Morgan fingerprint density at radius 3 is 2.29 bits per heavy atom. The van der Waals surface area contributed by atoms with Gasteiger partial charge in [0.1, 0.15) is 11.5 Å². The van der Waals surface area contributed by atoms with Crippen molar-refractivity contribution >= 4 is 40.6 Å². The quantitative estimate of drug-likeness (QED) is 0.371. The first-order chi connectivity index (χ1) is 14.8. The number of rotatable bonds is 4. The molecular weight excluding hydrogens is 418 g/mol. The van der Waals surface area contributed by atoms with E-state index in [1.54, 1.807) is 37.3 Å². The molecule has 0 spiro atoms. The van der Waals surface area contributed by atoms with Crippen LogP contribution in [0.3, 0.4) is 0 Å². The van der Waals surface area contributed by atoms with Gasteiger partial charge in [0, 0.05) is 36.4 Å². The van der Waals surface area contributed by atoms with Crippen LogP contribution in [0.5, 0.6) is 0 Å². The van der Waals surface area contributed by atoms with Crippen molar-refractivity contribution in [3.8, 4) is 0 Å². The summed E-state index contributed by atoms with van der Waals surface area (Å²) in [7, 11) is 3.83. The fourth-order valence-electron chi connectivity index (χ4n) is 3.57. The number of aromatic nitrogens is 1. The number of carbonyl (C=O) groups is 2. The molecule has 0 bridgehead atoms. The van der Waals surface area contributed by atoms with Gasteiger partial charge in [-0.1, -0.05) is 28.9 Å². The number of nitrogens with zero attached hydrogens (tertiary/aromatic N) is 3. The molecule has 0 radical (unpaired) electrons. The maximum Gasteiger partial charge on any atom is 0.301 e. The van der Waals surface area contributed by atoms with Crippen LogP contribution in [0.1, 0.15) is 22.9 Å². The summed E-state index contributed by atoms with van der Waals surface area (Å²) in [6, 6.07) is 14.5. The Hall–Kier alpha value is -3.58. The molecule has 0 saturated carbocycles. The van der Waals surface area contributed by atoms with E-state index in [2.05, 4.69) is 5.16 Å². The highest BCUT2D eigenvalue weighted by Crippen LogP contribution is 2.42. The number of carbonyl (C=O) groups excluding carboxylic acids is 2. The highest BCUT2D eigenvalue weighted by Gasteiger charge is 2.48. The van der Waals surface area contributed by atoms with E-state index in [1.165, 1.54) is 4.90 Å². The van der Waals surface area contributed by atoms with Crippen LogP contribution >= 0.6 is 11.6 Å². The SMILES string of the molecule is Cc1cc(N2C(=O)C(=O)C(=C(O)c3ccc(Cl)cc3)C2c2ccc(N(C)C)cc2)no1. The molecular formula is C23H20ClN3O4.